The highest BCUT2D eigenvalue weighted by atomic mass is 35.5. The van der Waals surface area contributed by atoms with Gasteiger partial charge < -0.3 is 15.1 Å². The molecule has 1 aromatic heterocycles. The van der Waals surface area contributed by atoms with Gasteiger partial charge >= 0.3 is 0 Å². The minimum absolute atomic E-state index is 0.107. The summed E-state index contributed by atoms with van der Waals surface area (Å²) in [6, 6.07) is 6.15. The first-order chi connectivity index (χ1) is 12.6. The van der Waals surface area contributed by atoms with Crippen LogP contribution in [0.1, 0.15) is 17.3 Å². The SMILES string of the molecule is CC(NC(=O)c1ccccc1Cl)C(=O)N1CCN(c2cnccn2)CC1. The number of benzene rings is 1. The van der Waals surface area contributed by atoms with E-state index < -0.39 is 6.04 Å². The van der Waals surface area contributed by atoms with E-state index in [0.717, 1.165) is 5.82 Å². The maximum atomic E-state index is 12.6. The number of rotatable bonds is 4. The fraction of sp³-hybridized carbons (Fsp3) is 0.333. The number of anilines is 1. The monoisotopic (exact) mass is 373 g/mol. The number of carbonyl (C=O) groups excluding carboxylic acids is 2. The standard InChI is InChI=1S/C18H20ClN5O2/c1-13(22-17(25)14-4-2-3-5-15(14)19)18(26)24-10-8-23(9-11-24)16-12-20-6-7-21-16/h2-7,12-13H,8-11H2,1H3,(H,22,25). The lowest BCUT2D eigenvalue weighted by atomic mass is 10.2. The molecule has 1 atom stereocenters. The predicted octanol–water partition coefficient (Wildman–Crippen LogP) is 1.60. The van der Waals surface area contributed by atoms with E-state index in [4.69, 9.17) is 11.6 Å². The summed E-state index contributed by atoms with van der Waals surface area (Å²) < 4.78 is 0. The molecule has 1 fully saturated rings. The molecule has 1 N–H and O–H groups in total. The van der Waals surface area contributed by atoms with E-state index in [1.165, 1.54) is 0 Å². The van der Waals surface area contributed by atoms with Crippen LogP contribution in [0, 0.1) is 0 Å². The van der Waals surface area contributed by atoms with E-state index in [1.54, 1.807) is 54.7 Å². The molecule has 0 saturated carbocycles. The highest BCUT2D eigenvalue weighted by Crippen LogP contribution is 2.15. The summed E-state index contributed by atoms with van der Waals surface area (Å²) in [6.07, 6.45) is 5.00. The van der Waals surface area contributed by atoms with Gasteiger partial charge in [-0.2, -0.15) is 0 Å². The Balaban J connectivity index is 1.55. The largest absolute Gasteiger partial charge is 0.352 e. The fourth-order valence-corrected chi connectivity index (χ4v) is 3.09. The van der Waals surface area contributed by atoms with Crippen molar-refractivity contribution in [3.63, 3.8) is 0 Å². The number of nitrogens with one attached hydrogen (secondary N) is 1. The molecule has 2 heterocycles. The lowest BCUT2D eigenvalue weighted by Gasteiger charge is -2.36. The lowest BCUT2D eigenvalue weighted by Crippen LogP contribution is -2.54. The molecular weight excluding hydrogens is 354 g/mol. The molecule has 1 aliphatic rings. The summed E-state index contributed by atoms with van der Waals surface area (Å²) in [4.78, 5) is 37.1. The van der Waals surface area contributed by atoms with Crippen molar-refractivity contribution in [3.8, 4) is 0 Å². The molecule has 0 radical (unpaired) electrons. The maximum Gasteiger partial charge on any atom is 0.253 e. The van der Waals surface area contributed by atoms with E-state index >= 15 is 0 Å². The van der Waals surface area contributed by atoms with Crippen molar-refractivity contribution in [2.45, 2.75) is 13.0 Å². The number of nitrogens with zero attached hydrogens (tertiary/aromatic N) is 4. The second-order valence-corrected chi connectivity index (χ2v) is 6.46. The number of amides is 2. The van der Waals surface area contributed by atoms with Crippen molar-refractivity contribution in [2.24, 2.45) is 0 Å². The maximum absolute atomic E-state index is 12.6. The first-order valence-electron chi connectivity index (χ1n) is 8.41. The summed E-state index contributed by atoms with van der Waals surface area (Å²) in [7, 11) is 0. The number of hydrogen-bond acceptors (Lipinski definition) is 5. The summed E-state index contributed by atoms with van der Waals surface area (Å²) in [5.41, 5.74) is 0.362. The van der Waals surface area contributed by atoms with Crippen LogP contribution in [0.15, 0.2) is 42.9 Å². The average molecular weight is 374 g/mol. The van der Waals surface area contributed by atoms with Crippen molar-refractivity contribution in [2.75, 3.05) is 31.1 Å². The molecule has 8 heteroatoms. The summed E-state index contributed by atoms with van der Waals surface area (Å²) in [6.45, 7) is 4.18. The molecule has 1 aromatic carbocycles. The molecule has 2 amide bonds. The van der Waals surface area contributed by atoms with Crippen LogP contribution in [-0.4, -0.2) is 58.9 Å². The molecule has 2 aromatic rings. The van der Waals surface area contributed by atoms with E-state index in [9.17, 15) is 9.59 Å². The number of aromatic nitrogens is 2. The van der Waals surface area contributed by atoms with Crippen LogP contribution in [0.25, 0.3) is 0 Å². The van der Waals surface area contributed by atoms with Gasteiger partial charge in [-0.05, 0) is 19.1 Å². The molecule has 26 heavy (non-hydrogen) atoms. The van der Waals surface area contributed by atoms with Gasteiger partial charge in [0.1, 0.15) is 11.9 Å². The smallest absolute Gasteiger partial charge is 0.253 e. The van der Waals surface area contributed by atoms with Crippen LogP contribution in [0.5, 0.6) is 0 Å². The molecular formula is C18H20ClN5O2. The first-order valence-corrected chi connectivity index (χ1v) is 8.79. The summed E-state index contributed by atoms with van der Waals surface area (Å²) in [5.74, 6) is 0.346. The molecule has 7 nitrogen and oxygen atoms in total. The zero-order valence-corrected chi connectivity index (χ0v) is 15.2. The normalized spacial score (nSPS) is 15.5. The number of halogens is 1. The third-order valence-electron chi connectivity index (χ3n) is 4.30. The number of carbonyl (C=O) groups is 2. The zero-order chi connectivity index (χ0) is 18.5. The minimum atomic E-state index is -0.623. The highest BCUT2D eigenvalue weighted by molar-refractivity contribution is 6.33. The van der Waals surface area contributed by atoms with Crippen molar-refractivity contribution < 1.29 is 9.59 Å². The van der Waals surface area contributed by atoms with Crippen LogP contribution in [-0.2, 0) is 4.79 Å². The second-order valence-electron chi connectivity index (χ2n) is 6.05. The van der Waals surface area contributed by atoms with Gasteiger partial charge in [-0.3, -0.25) is 14.6 Å². The van der Waals surface area contributed by atoms with Crippen LogP contribution in [0.4, 0.5) is 5.82 Å². The average Bonchev–Trinajstić information content (AvgIpc) is 2.68. The van der Waals surface area contributed by atoms with Gasteiger partial charge in [0.15, 0.2) is 0 Å². The lowest BCUT2D eigenvalue weighted by molar-refractivity contribution is -0.133. The van der Waals surface area contributed by atoms with Gasteiger partial charge in [-0.1, -0.05) is 23.7 Å². The van der Waals surface area contributed by atoms with Gasteiger partial charge in [-0.25, -0.2) is 4.98 Å². The Hall–Kier alpha value is -2.67. The first kappa shape index (κ1) is 18.1. The van der Waals surface area contributed by atoms with Crippen molar-refractivity contribution in [1.29, 1.82) is 0 Å². The van der Waals surface area contributed by atoms with E-state index in [2.05, 4.69) is 20.2 Å². The van der Waals surface area contributed by atoms with Gasteiger partial charge in [0, 0.05) is 38.6 Å². The zero-order valence-electron chi connectivity index (χ0n) is 14.4. The van der Waals surface area contributed by atoms with E-state index in [1.807, 2.05) is 0 Å². The van der Waals surface area contributed by atoms with Crippen LogP contribution < -0.4 is 10.2 Å². The van der Waals surface area contributed by atoms with Crippen molar-refractivity contribution in [1.82, 2.24) is 20.2 Å². The van der Waals surface area contributed by atoms with Gasteiger partial charge in [0.2, 0.25) is 5.91 Å². The molecule has 1 saturated heterocycles. The van der Waals surface area contributed by atoms with E-state index in [0.29, 0.717) is 36.8 Å². The second kappa shape index (κ2) is 8.14. The Kier molecular flexibility index (Phi) is 5.68. The Morgan fingerprint density at radius 1 is 1.15 bits per heavy atom. The highest BCUT2D eigenvalue weighted by Gasteiger charge is 2.26. The number of piperazine rings is 1. The third-order valence-corrected chi connectivity index (χ3v) is 4.63. The van der Waals surface area contributed by atoms with Crippen LogP contribution >= 0.6 is 11.6 Å². The molecule has 0 bridgehead atoms. The van der Waals surface area contributed by atoms with Crippen LogP contribution in [0.2, 0.25) is 5.02 Å². The molecule has 136 valence electrons. The fourth-order valence-electron chi connectivity index (χ4n) is 2.87. The van der Waals surface area contributed by atoms with Gasteiger partial charge in [0.25, 0.3) is 5.91 Å². The van der Waals surface area contributed by atoms with E-state index in [-0.39, 0.29) is 11.8 Å². The Morgan fingerprint density at radius 3 is 2.54 bits per heavy atom. The molecule has 0 aliphatic carbocycles. The van der Waals surface area contributed by atoms with Gasteiger partial charge in [-0.15, -0.1) is 0 Å². The Morgan fingerprint density at radius 2 is 1.88 bits per heavy atom. The summed E-state index contributed by atoms with van der Waals surface area (Å²) in [5, 5.41) is 3.09. The van der Waals surface area contributed by atoms with Crippen LogP contribution in [0.3, 0.4) is 0 Å². The predicted molar refractivity (Wildman–Crippen MR) is 99.2 cm³/mol. The third kappa shape index (κ3) is 4.11. The topological polar surface area (TPSA) is 78.4 Å². The summed E-state index contributed by atoms with van der Waals surface area (Å²) >= 11 is 6.03. The minimum Gasteiger partial charge on any atom is -0.352 e. The van der Waals surface area contributed by atoms with Crippen molar-refractivity contribution >= 4 is 29.2 Å². The molecule has 1 aliphatic heterocycles. The Labute approximate surface area is 157 Å². The van der Waals surface area contributed by atoms with Gasteiger partial charge in [0.05, 0.1) is 16.8 Å². The molecule has 0 spiro atoms. The van der Waals surface area contributed by atoms with Crippen molar-refractivity contribution in [3.05, 3.63) is 53.4 Å². The molecule has 1 unspecified atom stereocenters. The Bertz CT molecular complexity index is 778. The molecule has 3 rings (SSSR count). The quantitative estimate of drug-likeness (QED) is 0.880. The number of hydrogen-bond donors (Lipinski definition) is 1.